The molecule has 18 heavy (non-hydrogen) atoms. The molecule has 3 nitrogen and oxygen atoms in total. The normalized spacial score (nSPS) is 11.2. The summed E-state index contributed by atoms with van der Waals surface area (Å²) in [5.74, 6) is 1.37. The maximum Gasteiger partial charge on any atom is 0.391 e. The molecule has 0 atom stereocenters. The van der Waals surface area contributed by atoms with Crippen molar-refractivity contribution in [3.8, 4) is 5.75 Å². The Morgan fingerprint density at radius 2 is 1.83 bits per heavy atom. The van der Waals surface area contributed by atoms with Gasteiger partial charge in [0.25, 0.3) is 0 Å². The van der Waals surface area contributed by atoms with Gasteiger partial charge in [-0.1, -0.05) is 51.3 Å². The van der Waals surface area contributed by atoms with Crippen LogP contribution >= 0.6 is 8.60 Å². The van der Waals surface area contributed by atoms with E-state index in [9.17, 15) is 0 Å². The highest BCUT2D eigenvalue weighted by atomic mass is 31.2. The summed E-state index contributed by atoms with van der Waals surface area (Å²) >= 11 is 0. The third-order valence-corrected chi connectivity index (χ3v) is 3.24. The summed E-state index contributed by atoms with van der Waals surface area (Å²) in [6.45, 7) is 4.49. The molecule has 0 saturated heterocycles. The van der Waals surface area contributed by atoms with Crippen LogP contribution < -0.4 is 4.52 Å². The van der Waals surface area contributed by atoms with Crippen LogP contribution in [0.3, 0.4) is 0 Å². The highest BCUT2D eigenvalue weighted by Crippen LogP contribution is 2.32. The molecule has 0 amide bonds. The average Bonchev–Trinajstić information content (AvgIpc) is 2.29. The number of unbranched alkanes of at least 4 members (excludes halogenated alkanes) is 2. The van der Waals surface area contributed by atoms with Crippen LogP contribution in [0.2, 0.25) is 0 Å². The van der Waals surface area contributed by atoms with Gasteiger partial charge >= 0.3 is 8.60 Å². The number of para-hydroxylation sites is 1. The molecular formula is C14H23O3P. The molecule has 0 heterocycles. The smallest absolute Gasteiger partial charge is 0.391 e. The second-order valence-corrected chi connectivity index (χ2v) is 5.63. The van der Waals surface area contributed by atoms with Crippen molar-refractivity contribution in [1.82, 2.24) is 0 Å². The molecule has 2 N–H and O–H groups in total. The maximum atomic E-state index is 8.90. The molecule has 0 aliphatic heterocycles. The van der Waals surface area contributed by atoms with Crippen molar-refractivity contribution in [3.63, 3.8) is 0 Å². The van der Waals surface area contributed by atoms with Crippen molar-refractivity contribution in [2.24, 2.45) is 5.92 Å². The summed E-state index contributed by atoms with van der Waals surface area (Å²) in [7, 11) is -2.32. The first-order chi connectivity index (χ1) is 8.59. The molecule has 4 heteroatoms. The van der Waals surface area contributed by atoms with Gasteiger partial charge < -0.3 is 14.3 Å². The van der Waals surface area contributed by atoms with Gasteiger partial charge in [0.2, 0.25) is 0 Å². The average molecular weight is 270 g/mol. The first kappa shape index (κ1) is 15.4. The van der Waals surface area contributed by atoms with E-state index in [0.29, 0.717) is 5.75 Å². The SMILES string of the molecule is CC(C)CCCCCc1ccccc1OP(O)O. The van der Waals surface area contributed by atoms with Crippen LogP contribution in [0.1, 0.15) is 45.1 Å². The van der Waals surface area contributed by atoms with Gasteiger partial charge in [-0.2, -0.15) is 0 Å². The Bertz CT molecular complexity index is 340. The Morgan fingerprint density at radius 3 is 2.50 bits per heavy atom. The van der Waals surface area contributed by atoms with Gasteiger partial charge in [-0.15, -0.1) is 0 Å². The fourth-order valence-electron chi connectivity index (χ4n) is 1.93. The molecule has 0 aliphatic carbocycles. The molecule has 0 aromatic heterocycles. The van der Waals surface area contributed by atoms with Crippen LogP contribution in [0, 0.1) is 5.92 Å². The zero-order valence-electron chi connectivity index (χ0n) is 11.2. The predicted octanol–water partition coefficient (Wildman–Crippen LogP) is 4.04. The molecule has 0 spiro atoms. The van der Waals surface area contributed by atoms with Gasteiger partial charge in [-0.3, -0.25) is 0 Å². The van der Waals surface area contributed by atoms with Crippen molar-refractivity contribution in [1.29, 1.82) is 0 Å². The minimum atomic E-state index is -2.32. The van der Waals surface area contributed by atoms with Gasteiger partial charge in [-0.05, 0) is 30.4 Å². The monoisotopic (exact) mass is 270 g/mol. The Morgan fingerprint density at radius 1 is 1.11 bits per heavy atom. The van der Waals surface area contributed by atoms with E-state index in [2.05, 4.69) is 13.8 Å². The molecule has 0 radical (unpaired) electrons. The molecule has 0 aliphatic rings. The number of benzene rings is 1. The second-order valence-electron chi connectivity index (χ2n) is 4.94. The molecule has 1 aromatic carbocycles. The van der Waals surface area contributed by atoms with Gasteiger partial charge in [0.15, 0.2) is 0 Å². The Balaban J connectivity index is 2.37. The van der Waals surface area contributed by atoms with Crippen LogP contribution in [0.5, 0.6) is 5.75 Å². The molecule has 0 unspecified atom stereocenters. The Hall–Kier alpha value is -0.630. The summed E-state index contributed by atoms with van der Waals surface area (Å²) in [6.07, 6.45) is 5.78. The standard InChI is InChI=1S/C14H23O3P/c1-12(2)8-4-3-5-9-13-10-6-7-11-14(13)17-18(15)16/h6-7,10-12,15-16H,3-5,8-9H2,1-2H3. The lowest BCUT2D eigenvalue weighted by atomic mass is 10.0. The van der Waals surface area contributed by atoms with E-state index < -0.39 is 8.60 Å². The zero-order chi connectivity index (χ0) is 13.4. The molecular weight excluding hydrogens is 247 g/mol. The van der Waals surface area contributed by atoms with Crippen LogP contribution in [0.4, 0.5) is 0 Å². The highest BCUT2D eigenvalue weighted by Gasteiger charge is 2.07. The van der Waals surface area contributed by atoms with Crippen LogP contribution in [0.15, 0.2) is 24.3 Å². The van der Waals surface area contributed by atoms with Crippen LogP contribution in [-0.2, 0) is 6.42 Å². The van der Waals surface area contributed by atoms with Crippen molar-refractivity contribution < 1.29 is 14.3 Å². The minimum Gasteiger partial charge on any atom is -0.427 e. The number of rotatable bonds is 8. The lowest BCUT2D eigenvalue weighted by molar-refractivity contribution is 0.373. The lowest BCUT2D eigenvalue weighted by Gasteiger charge is -2.11. The van der Waals surface area contributed by atoms with E-state index in [0.717, 1.165) is 24.3 Å². The van der Waals surface area contributed by atoms with Gasteiger partial charge in [0, 0.05) is 0 Å². The van der Waals surface area contributed by atoms with Crippen molar-refractivity contribution in [3.05, 3.63) is 29.8 Å². The van der Waals surface area contributed by atoms with Gasteiger partial charge in [-0.25, -0.2) is 0 Å². The fraction of sp³-hybridized carbons (Fsp3) is 0.571. The quantitative estimate of drug-likeness (QED) is 0.553. The second kappa shape index (κ2) is 8.47. The molecule has 1 rings (SSSR count). The molecule has 1 aromatic rings. The first-order valence-corrected chi connectivity index (χ1v) is 7.70. The summed E-state index contributed by atoms with van der Waals surface area (Å²) in [6, 6.07) is 7.56. The van der Waals surface area contributed by atoms with Gasteiger partial charge in [0.05, 0.1) is 0 Å². The molecule has 0 saturated carbocycles. The van der Waals surface area contributed by atoms with Crippen molar-refractivity contribution in [2.75, 3.05) is 0 Å². The largest absolute Gasteiger partial charge is 0.427 e. The third kappa shape index (κ3) is 6.34. The Kier molecular flexibility index (Phi) is 7.26. The van der Waals surface area contributed by atoms with Crippen LogP contribution in [0.25, 0.3) is 0 Å². The predicted molar refractivity (Wildman–Crippen MR) is 75.4 cm³/mol. The van der Waals surface area contributed by atoms with Crippen LogP contribution in [-0.4, -0.2) is 9.79 Å². The molecule has 0 bridgehead atoms. The summed E-state index contributed by atoms with van der Waals surface area (Å²) < 4.78 is 5.02. The third-order valence-electron chi connectivity index (χ3n) is 2.88. The van der Waals surface area contributed by atoms with E-state index >= 15 is 0 Å². The van der Waals surface area contributed by atoms with Crippen molar-refractivity contribution >= 4 is 8.60 Å². The first-order valence-electron chi connectivity index (χ1n) is 6.53. The molecule has 0 fully saturated rings. The van der Waals surface area contributed by atoms with E-state index in [-0.39, 0.29) is 0 Å². The zero-order valence-corrected chi connectivity index (χ0v) is 12.1. The summed E-state index contributed by atoms with van der Waals surface area (Å²) in [5, 5.41) is 0. The number of aryl methyl sites for hydroxylation is 1. The van der Waals surface area contributed by atoms with E-state index in [1.54, 1.807) is 6.07 Å². The van der Waals surface area contributed by atoms with E-state index in [1.807, 2.05) is 18.2 Å². The summed E-state index contributed by atoms with van der Waals surface area (Å²) in [4.78, 5) is 17.8. The number of hydrogen-bond acceptors (Lipinski definition) is 3. The van der Waals surface area contributed by atoms with Crippen molar-refractivity contribution in [2.45, 2.75) is 46.0 Å². The summed E-state index contributed by atoms with van der Waals surface area (Å²) in [5.41, 5.74) is 1.05. The number of hydrogen-bond donors (Lipinski definition) is 2. The lowest BCUT2D eigenvalue weighted by Crippen LogP contribution is -1.93. The van der Waals surface area contributed by atoms with Gasteiger partial charge in [0.1, 0.15) is 5.75 Å². The molecule has 102 valence electrons. The fourth-order valence-corrected chi connectivity index (χ4v) is 2.29. The van der Waals surface area contributed by atoms with E-state index in [1.165, 1.54) is 19.3 Å². The topological polar surface area (TPSA) is 49.7 Å². The maximum absolute atomic E-state index is 8.90. The minimum absolute atomic E-state index is 0.595. The van der Waals surface area contributed by atoms with E-state index in [4.69, 9.17) is 14.3 Å². The highest BCUT2D eigenvalue weighted by molar-refractivity contribution is 7.39. The Labute approximate surface area is 111 Å².